The highest BCUT2D eigenvalue weighted by Crippen LogP contribution is 2.25. The first-order chi connectivity index (χ1) is 14.4. The maximum Gasteiger partial charge on any atom is 0.338 e. The number of hydrogen-bond donors (Lipinski definition) is 2. The van der Waals surface area contributed by atoms with E-state index in [1.54, 1.807) is 6.07 Å². The monoisotopic (exact) mass is 425 g/mol. The van der Waals surface area contributed by atoms with Gasteiger partial charge in [-0.25, -0.2) is 4.79 Å². The largest absolute Gasteiger partial charge is 0.465 e. The third kappa shape index (κ3) is 5.30. The Morgan fingerprint density at radius 3 is 2.63 bits per heavy atom. The number of rotatable bonds is 5. The number of ether oxygens (including phenoxy) is 1. The van der Waals surface area contributed by atoms with Gasteiger partial charge in [-0.15, -0.1) is 0 Å². The SMILES string of the molecule is COC(=O)c1cccc(NC(=S)NC(C)c2ccc(N3CCCC(C)C3)cc2)c1C. The molecule has 0 amide bonds. The third-order valence-corrected chi connectivity index (χ3v) is 5.97. The molecular weight excluding hydrogens is 394 g/mol. The van der Waals surface area contributed by atoms with Crippen molar-refractivity contribution in [3.05, 3.63) is 59.2 Å². The van der Waals surface area contributed by atoms with Crippen LogP contribution in [0.5, 0.6) is 0 Å². The Kier molecular flexibility index (Phi) is 7.32. The molecule has 1 heterocycles. The quantitative estimate of drug-likeness (QED) is 0.516. The number of carbonyl (C=O) groups excluding carboxylic acids is 1. The molecule has 1 aliphatic rings. The lowest BCUT2D eigenvalue weighted by molar-refractivity contribution is 0.0600. The van der Waals surface area contributed by atoms with E-state index in [4.69, 9.17) is 17.0 Å². The maximum atomic E-state index is 11.9. The van der Waals surface area contributed by atoms with Gasteiger partial charge in [-0.05, 0) is 80.2 Å². The number of nitrogens with zero attached hydrogens (tertiary/aromatic N) is 1. The fourth-order valence-corrected chi connectivity index (χ4v) is 4.22. The van der Waals surface area contributed by atoms with E-state index in [1.807, 2.05) is 19.1 Å². The number of thiocarbonyl (C=S) groups is 1. The molecule has 2 aromatic rings. The van der Waals surface area contributed by atoms with Crippen LogP contribution in [0.3, 0.4) is 0 Å². The van der Waals surface area contributed by atoms with Gasteiger partial charge in [0.1, 0.15) is 0 Å². The molecule has 0 bridgehead atoms. The second kappa shape index (κ2) is 9.94. The molecule has 0 aliphatic carbocycles. The Hall–Kier alpha value is -2.60. The van der Waals surface area contributed by atoms with E-state index in [0.717, 1.165) is 30.3 Å². The number of carbonyl (C=O) groups is 1. The molecule has 0 spiro atoms. The van der Waals surface area contributed by atoms with Gasteiger partial charge in [-0.3, -0.25) is 0 Å². The van der Waals surface area contributed by atoms with Crippen molar-refractivity contribution in [3.63, 3.8) is 0 Å². The van der Waals surface area contributed by atoms with E-state index in [1.165, 1.54) is 31.2 Å². The van der Waals surface area contributed by atoms with Crippen molar-refractivity contribution in [2.45, 2.75) is 39.7 Å². The number of esters is 1. The van der Waals surface area contributed by atoms with Gasteiger partial charge >= 0.3 is 5.97 Å². The normalized spacial score (nSPS) is 17.2. The van der Waals surface area contributed by atoms with Crippen molar-refractivity contribution in [1.29, 1.82) is 0 Å². The van der Waals surface area contributed by atoms with Crippen LogP contribution >= 0.6 is 12.2 Å². The molecule has 2 unspecified atom stereocenters. The number of piperidine rings is 1. The first-order valence-corrected chi connectivity index (χ1v) is 10.9. The molecule has 5 nitrogen and oxygen atoms in total. The molecule has 0 aromatic heterocycles. The summed E-state index contributed by atoms with van der Waals surface area (Å²) in [6, 6.07) is 14.2. The minimum Gasteiger partial charge on any atom is -0.465 e. The summed E-state index contributed by atoms with van der Waals surface area (Å²) in [6.45, 7) is 8.55. The molecule has 1 fully saturated rings. The van der Waals surface area contributed by atoms with E-state index in [2.05, 4.69) is 53.6 Å². The number of nitrogens with one attached hydrogen (secondary N) is 2. The average molecular weight is 426 g/mol. The molecule has 6 heteroatoms. The number of anilines is 2. The van der Waals surface area contributed by atoms with Gasteiger partial charge in [0.2, 0.25) is 0 Å². The molecule has 0 saturated carbocycles. The minimum absolute atomic E-state index is 0.0587. The molecule has 2 aromatic carbocycles. The van der Waals surface area contributed by atoms with Crippen LogP contribution in [0.25, 0.3) is 0 Å². The fourth-order valence-electron chi connectivity index (χ4n) is 3.94. The lowest BCUT2D eigenvalue weighted by Gasteiger charge is -2.33. The van der Waals surface area contributed by atoms with E-state index in [9.17, 15) is 4.79 Å². The summed E-state index contributed by atoms with van der Waals surface area (Å²) in [4.78, 5) is 14.4. The molecule has 1 saturated heterocycles. The van der Waals surface area contributed by atoms with Crippen LogP contribution in [0.1, 0.15) is 54.2 Å². The Morgan fingerprint density at radius 2 is 1.97 bits per heavy atom. The van der Waals surface area contributed by atoms with Crippen LogP contribution in [0.15, 0.2) is 42.5 Å². The molecule has 160 valence electrons. The first kappa shape index (κ1) is 22.1. The summed E-state index contributed by atoms with van der Waals surface area (Å²) < 4.78 is 4.84. The van der Waals surface area contributed by atoms with E-state index in [-0.39, 0.29) is 12.0 Å². The summed E-state index contributed by atoms with van der Waals surface area (Å²) in [5.74, 6) is 0.398. The summed E-state index contributed by atoms with van der Waals surface area (Å²) in [5, 5.41) is 7.05. The Balaban J connectivity index is 1.61. The van der Waals surface area contributed by atoms with Gasteiger partial charge < -0.3 is 20.3 Å². The van der Waals surface area contributed by atoms with Crippen LogP contribution < -0.4 is 15.5 Å². The van der Waals surface area contributed by atoms with Crippen LogP contribution in [-0.4, -0.2) is 31.3 Å². The highest BCUT2D eigenvalue weighted by Gasteiger charge is 2.17. The Morgan fingerprint density at radius 1 is 1.23 bits per heavy atom. The molecule has 2 atom stereocenters. The predicted molar refractivity (Wildman–Crippen MR) is 127 cm³/mol. The smallest absolute Gasteiger partial charge is 0.338 e. The van der Waals surface area contributed by atoms with Crippen molar-refractivity contribution < 1.29 is 9.53 Å². The van der Waals surface area contributed by atoms with Gasteiger partial charge in [0, 0.05) is 24.5 Å². The zero-order valence-corrected chi connectivity index (χ0v) is 19.0. The summed E-state index contributed by atoms with van der Waals surface area (Å²) >= 11 is 5.50. The lowest BCUT2D eigenvalue weighted by Crippen LogP contribution is -2.34. The molecule has 0 radical (unpaired) electrons. The standard InChI is InChI=1S/C24H31N3O2S/c1-16-7-6-14-27(15-16)20-12-10-19(11-13-20)18(3)25-24(30)26-22-9-5-8-21(17(22)2)23(28)29-4/h5,8-13,16,18H,6-7,14-15H2,1-4H3,(H2,25,26,30). The Bertz CT molecular complexity index is 898. The fraction of sp³-hybridized carbons (Fsp3) is 0.417. The Labute approximate surface area is 184 Å². The van der Waals surface area contributed by atoms with Crippen LogP contribution in [0.4, 0.5) is 11.4 Å². The lowest BCUT2D eigenvalue weighted by atomic mass is 9.99. The topological polar surface area (TPSA) is 53.6 Å². The van der Waals surface area contributed by atoms with E-state index < -0.39 is 0 Å². The van der Waals surface area contributed by atoms with E-state index >= 15 is 0 Å². The van der Waals surface area contributed by atoms with Gasteiger partial charge in [0.05, 0.1) is 18.7 Å². The summed E-state index contributed by atoms with van der Waals surface area (Å²) in [7, 11) is 1.38. The van der Waals surface area contributed by atoms with Gasteiger partial charge in [0.25, 0.3) is 0 Å². The highest BCUT2D eigenvalue weighted by molar-refractivity contribution is 7.80. The molecule has 2 N–H and O–H groups in total. The van der Waals surface area contributed by atoms with Crippen molar-refractivity contribution in [2.75, 3.05) is 30.4 Å². The summed E-state index contributed by atoms with van der Waals surface area (Å²) in [6.07, 6.45) is 2.58. The molecular formula is C24H31N3O2S. The zero-order valence-electron chi connectivity index (χ0n) is 18.2. The van der Waals surface area contributed by atoms with Gasteiger partial charge in [-0.1, -0.05) is 25.1 Å². The first-order valence-electron chi connectivity index (χ1n) is 10.5. The molecule has 1 aliphatic heterocycles. The van der Waals surface area contributed by atoms with Crippen molar-refractivity contribution in [1.82, 2.24) is 5.32 Å². The van der Waals surface area contributed by atoms with Gasteiger partial charge in [0.15, 0.2) is 5.11 Å². The summed E-state index contributed by atoms with van der Waals surface area (Å²) in [5.41, 5.74) is 4.58. The second-order valence-electron chi connectivity index (χ2n) is 8.07. The average Bonchev–Trinajstić information content (AvgIpc) is 2.74. The maximum absolute atomic E-state index is 11.9. The van der Waals surface area contributed by atoms with E-state index in [0.29, 0.717) is 10.7 Å². The number of methoxy groups -OCH3 is 1. The molecule has 3 rings (SSSR count). The van der Waals surface area contributed by atoms with Crippen LogP contribution in [0.2, 0.25) is 0 Å². The highest BCUT2D eigenvalue weighted by atomic mass is 32.1. The third-order valence-electron chi connectivity index (χ3n) is 5.75. The number of hydrogen-bond acceptors (Lipinski definition) is 4. The van der Waals surface area contributed by atoms with Crippen LogP contribution in [0, 0.1) is 12.8 Å². The van der Waals surface area contributed by atoms with Gasteiger partial charge in [-0.2, -0.15) is 0 Å². The van der Waals surface area contributed by atoms with Crippen molar-refractivity contribution in [3.8, 4) is 0 Å². The molecule has 30 heavy (non-hydrogen) atoms. The van der Waals surface area contributed by atoms with Crippen molar-refractivity contribution in [2.24, 2.45) is 5.92 Å². The minimum atomic E-state index is -0.355. The second-order valence-corrected chi connectivity index (χ2v) is 8.48. The van der Waals surface area contributed by atoms with Crippen LogP contribution in [-0.2, 0) is 4.74 Å². The number of benzene rings is 2. The zero-order chi connectivity index (χ0) is 21.7. The van der Waals surface area contributed by atoms with Crippen molar-refractivity contribution >= 4 is 34.7 Å². The predicted octanol–water partition coefficient (Wildman–Crippen LogP) is 5.07.